The van der Waals surface area contributed by atoms with Gasteiger partial charge in [-0.2, -0.15) is 0 Å². The van der Waals surface area contributed by atoms with Gasteiger partial charge in [-0.3, -0.25) is 0 Å². The van der Waals surface area contributed by atoms with Crippen LogP contribution in [0.25, 0.3) is 111 Å². The molecule has 0 bridgehead atoms. The maximum absolute atomic E-state index is 6.50. The summed E-state index contributed by atoms with van der Waals surface area (Å²) in [7, 11) is 0. The maximum Gasteiger partial charge on any atom is 0.164 e. The van der Waals surface area contributed by atoms with E-state index >= 15 is 0 Å². The summed E-state index contributed by atoms with van der Waals surface area (Å²) in [5, 5.41) is 6.79. The first-order valence-corrected chi connectivity index (χ1v) is 17.2. The molecule has 2 heterocycles. The molecule has 51 heavy (non-hydrogen) atoms. The van der Waals surface area contributed by atoms with Gasteiger partial charge in [0.1, 0.15) is 11.2 Å². The SMILES string of the molecule is c1ccc(-c2cc(-c3nc(-c4ccc5c(c4)-c4cccc6cccc-5c46)nc(-c4cccc5ccccc45)n3)c3c(c2)oc2ccccc23)cc1. The monoisotopic (exact) mass is 649 g/mol. The second-order valence-corrected chi connectivity index (χ2v) is 13.2. The number of para-hydroxylation sites is 1. The molecule has 0 aliphatic heterocycles. The van der Waals surface area contributed by atoms with E-state index in [0.717, 1.165) is 60.5 Å². The average Bonchev–Trinajstić information content (AvgIpc) is 3.74. The molecule has 0 spiro atoms. The van der Waals surface area contributed by atoms with E-state index in [2.05, 4.69) is 146 Å². The van der Waals surface area contributed by atoms with Crippen LogP contribution in [-0.2, 0) is 0 Å². The van der Waals surface area contributed by atoms with Crippen molar-refractivity contribution >= 4 is 43.5 Å². The molecule has 0 amide bonds. The molecule has 10 aromatic rings. The molecular formula is C47H27N3O. The fraction of sp³-hybridized carbons (Fsp3) is 0. The summed E-state index contributed by atoms with van der Waals surface area (Å²) in [6.45, 7) is 0. The van der Waals surface area contributed by atoms with Crippen molar-refractivity contribution in [3.8, 4) is 67.5 Å². The third-order valence-corrected chi connectivity index (χ3v) is 10.3. The molecule has 11 rings (SSSR count). The number of nitrogens with zero attached hydrogens (tertiary/aromatic N) is 3. The Bertz CT molecular complexity index is 3020. The van der Waals surface area contributed by atoms with E-state index in [0.29, 0.717) is 17.5 Å². The summed E-state index contributed by atoms with van der Waals surface area (Å²) < 4.78 is 6.50. The normalized spacial score (nSPS) is 11.9. The van der Waals surface area contributed by atoms with Crippen molar-refractivity contribution in [2.24, 2.45) is 0 Å². The van der Waals surface area contributed by atoms with Gasteiger partial charge in [-0.05, 0) is 79.2 Å². The van der Waals surface area contributed by atoms with E-state index < -0.39 is 0 Å². The van der Waals surface area contributed by atoms with Crippen LogP contribution in [0.1, 0.15) is 0 Å². The third-order valence-electron chi connectivity index (χ3n) is 10.3. The van der Waals surface area contributed by atoms with Gasteiger partial charge in [0.05, 0.1) is 0 Å². The molecule has 4 nitrogen and oxygen atoms in total. The molecular weight excluding hydrogens is 623 g/mol. The van der Waals surface area contributed by atoms with Crippen LogP contribution in [-0.4, -0.2) is 15.0 Å². The number of benzene rings is 8. The number of fused-ring (bicyclic) bond motifs is 7. The summed E-state index contributed by atoms with van der Waals surface area (Å²) in [6, 6.07) is 57.3. The van der Waals surface area contributed by atoms with Crippen LogP contribution in [0.4, 0.5) is 0 Å². The van der Waals surface area contributed by atoms with Crippen LogP contribution >= 0.6 is 0 Å². The number of rotatable bonds is 4. The van der Waals surface area contributed by atoms with Gasteiger partial charge in [0, 0.05) is 27.5 Å². The minimum absolute atomic E-state index is 0.600. The van der Waals surface area contributed by atoms with Crippen LogP contribution in [0, 0.1) is 0 Å². The van der Waals surface area contributed by atoms with Gasteiger partial charge in [-0.25, -0.2) is 15.0 Å². The lowest BCUT2D eigenvalue weighted by atomic mass is 9.98. The van der Waals surface area contributed by atoms with Crippen LogP contribution < -0.4 is 0 Å². The van der Waals surface area contributed by atoms with E-state index in [1.165, 1.54) is 33.0 Å². The first-order valence-electron chi connectivity index (χ1n) is 17.2. The van der Waals surface area contributed by atoms with Crippen molar-refractivity contribution in [2.75, 3.05) is 0 Å². The molecule has 1 aliphatic carbocycles. The van der Waals surface area contributed by atoms with E-state index in [4.69, 9.17) is 19.4 Å². The molecule has 236 valence electrons. The van der Waals surface area contributed by atoms with Crippen molar-refractivity contribution in [3.63, 3.8) is 0 Å². The Morgan fingerprint density at radius 1 is 0.314 bits per heavy atom. The summed E-state index contributed by atoms with van der Waals surface area (Å²) in [6.07, 6.45) is 0. The molecule has 0 fully saturated rings. The topological polar surface area (TPSA) is 51.8 Å². The molecule has 0 atom stereocenters. The molecule has 2 aromatic heterocycles. The summed E-state index contributed by atoms with van der Waals surface area (Å²) in [5.74, 6) is 1.85. The van der Waals surface area contributed by atoms with Crippen LogP contribution in [0.3, 0.4) is 0 Å². The van der Waals surface area contributed by atoms with Gasteiger partial charge in [0.2, 0.25) is 0 Å². The van der Waals surface area contributed by atoms with E-state index in [-0.39, 0.29) is 0 Å². The Morgan fingerprint density at radius 3 is 1.78 bits per heavy atom. The van der Waals surface area contributed by atoms with Crippen molar-refractivity contribution in [3.05, 3.63) is 164 Å². The second kappa shape index (κ2) is 10.8. The molecule has 0 saturated heterocycles. The lowest BCUT2D eigenvalue weighted by molar-refractivity contribution is 0.669. The zero-order chi connectivity index (χ0) is 33.5. The fourth-order valence-corrected chi connectivity index (χ4v) is 7.93. The van der Waals surface area contributed by atoms with Gasteiger partial charge in [0.15, 0.2) is 17.5 Å². The Morgan fingerprint density at radius 2 is 0.941 bits per heavy atom. The summed E-state index contributed by atoms with van der Waals surface area (Å²) in [5.41, 5.74) is 11.5. The maximum atomic E-state index is 6.50. The molecule has 4 heteroatoms. The van der Waals surface area contributed by atoms with Crippen LogP contribution in [0.2, 0.25) is 0 Å². The molecule has 0 N–H and O–H groups in total. The number of hydrogen-bond donors (Lipinski definition) is 0. The highest BCUT2D eigenvalue weighted by molar-refractivity contribution is 6.16. The predicted octanol–water partition coefficient (Wildman–Crippen LogP) is 12.4. The van der Waals surface area contributed by atoms with Crippen molar-refractivity contribution in [2.45, 2.75) is 0 Å². The largest absolute Gasteiger partial charge is 0.456 e. The highest BCUT2D eigenvalue weighted by Gasteiger charge is 2.24. The summed E-state index contributed by atoms with van der Waals surface area (Å²) >= 11 is 0. The Balaban J connectivity index is 1.20. The van der Waals surface area contributed by atoms with Gasteiger partial charge in [0.25, 0.3) is 0 Å². The lowest BCUT2D eigenvalue weighted by Crippen LogP contribution is -2.01. The second-order valence-electron chi connectivity index (χ2n) is 13.2. The standard InChI is InChI=1S/C47H27N3O/c1-2-11-28(12-3-1)32-26-40(44-38-18-6-7-22-41(38)51-42(44)27-32)47-49-45(48-46(50-47)37-21-8-14-29-13-4-5-17-33(29)37)31-23-24-34-35-19-9-15-30-16-10-20-36(43(30)35)39(34)25-31/h1-27H. The minimum Gasteiger partial charge on any atom is -0.456 e. The van der Waals surface area contributed by atoms with Crippen molar-refractivity contribution in [1.29, 1.82) is 0 Å². The Kier molecular flexibility index (Phi) is 5.92. The number of aromatic nitrogens is 3. The fourth-order valence-electron chi connectivity index (χ4n) is 7.93. The number of furan rings is 1. The highest BCUT2D eigenvalue weighted by atomic mass is 16.3. The zero-order valence-electron chi connectivity index (χ0n) is 27.3. The van der Waals surface area contributed by atoms with Crippen molar-refractivity contribution < 1.29 is 4.42 Å². The van der Waals surface area contributed by atoms with E-state index in [9.17, 15) is 0 Å². The summed E-state index contributed by atoms with van der Waals surface area (Å²) in [4.78, 5) is 15.8. The zero-order valence-corrected chi connectivity index (χ0v) is 27.3. The van der Waals surface area contributed by atoms with Crippen LogP contribution in [0.5, 0.6) is 0 Å². The molecule has 0 radical (unpaired) electrons. The molecule has 0 unspecified atom stereocenters. The Hall–Kier alpha value is -6.91. The lowest BCUT2D eigenvalue weighted by Gasteiger charge is -2.13. The minimum atomic E-state index is 0.600. The predicted molar refractivity (Wildman–Crippen MR) is 208 cm³/mol. The van der Waals surface area contributed by atoms with Crippen molar-refractivity contribution in [1.82, 2.24) is 15.0 Å². The van der Waals surface area contributed by atoms with Gasteiger partial charge in [-0.15, -0.1) is 0 Å². The van der Waals surface area contributed by atoms with Gasteiger partial charge < -0.3 is 4.42 Å². The first-order chi connectivity index (χ1) is 25.3. The van der Waals surface area contributed by atoms with E-state index in [1.54, 1.807) is 0 Å². The molecule has 8 aromatic carbocycles. The molecule has 1 aliphatic rings. The van der Waals surface area contributed by atoms with Crippen LogP contribution in [0.15, 0.2) is 168 Å². The van der Waals surface area contributed by atoms with Gasteiger partial charge in [-0.1, -0.05) is 140 Å². The van der Waals surface area contributed by atoms with E-state index in [1.807, 2.05) is 18.2 Å². The first kappa shape index (κ1) is 28.0. The number of hydrogen-bond acceptors (Lipinski definition) is 4. The average molecular weight is 650 g/mol. The molecule has 0 saturated carbocycles. The highest BCUT2D eigenvalue weighted by Crippen LogP contribution is 2.48. The Labute approximate surface area is 293 Å². The van der Waals surface area contributed by atoms with Gasteiger partial charge >= 0.3 is 0 Å². The third kappa shape index (κ3) is 4.30. The smallest absolute Gasteiger partial charge is 0.164 e. The quantitative estimate of drug-likeness (QED) is 0.190.